The smallest absolute Gasteiger partial charge is 0.344 e. The van der Waals surface area contributed by atoms with E-state index in [1.54, 1.807) is 49.8 Å². The molecule has 0 radical (unpaired) electrons. The summed E-state index contributed by atoms with van der Waals surface area (Å²) in [5.74, 6) is 0.174. The van der Waals surface area contributed by atoms with Crippen molar-refractivity contribution in [1.29, 1.82) is 0 Å². The van der Waals surface area contributed by atoms with Gasteiger partial charge in [0.2, 0.25) is 0 Å². The number of ether oxygens (including phenoxy) is 3. The van der Waals surface area contributed by atoms with Gasteiger partial charge in [-0.3, -0.25) is 14.2 Å². The summed E-state index contributed by atoms with van der Waals surface area (Å²) in [7, 11) is 1.57. The highest BCUT2D eigenvalue weighted by atomic mass is 127. The Morgan fingerprint density at radius 3 is 2.64 bits per heavy atom. The average Bonchev–Trinajstić information content (AvgIpc) is 3.30. The fourth-order valence-electron chi connectivity index (χ4n) is 4.77. The molecule has 9 nitrogen and oxygen atoms in total. The van der Waals surface area contributed by atoms with Crippen LogP contribution < -0.4 is 29.7 Å². The van der Waals surface area contributed by atoms with E-state index in [1.807, 2.05) is 48.5 Å². The maximum absolute atomic E-state index is 14.2. The number of esters is 1. The van der Waals surface area contributed by atoms with E-state index in [2.05, 4.69) is 43.8 Å². The Morgan fingerprint density at radius 2 is 1.91 bits per heavy atom. The van der Waals surface area contributed by atoms with Gasteiger partial charge in [-0.05, 0) is 84.5 Å². The lowest BCUT2D eigenvalue weighted by Crippen LogP contribution is -2.40. The van der Waals surface area contributed by atoms with Gasteiger partial charge in [0.05, 0.1) is 39.1 Å². The summed E-state index contributed by atoms with van der Waals surface area (Å²) in [6, 6.07) is 19.3. The van der Waals surface area contributed by atoms with E-state index in [0.29, 0.717) is 48.9 Å². The molecule has 1 amide bonds. The number of carbonyl (C=O) groups is 2. The van der Waals surface area contributed by atoms with Crippen molar-refractivity contribution >= 4 is 73.5 Å². The van der Waals surface area contributed by atoms with Crippen molar-refractivity contribution in [1.82, 2.24) is 4.57 Å². The van der Waals surface area contributed by atoms with Crippen LogP contribution in [0.25, 0.3) is 6.08 Å². The number of allylic oxidation sites excluding steroid dienone is 1. The molecule has 3 aromatic carbocycles. The van der Waals surface area contributed by atoms with E-state index in [-0.39, 0.29) is 24.7 Å². The zero-order valence-corrected chi connectivity index (χ0v) is 28.5. The number of para-hydroxylation sites is 1. The molecular weight excluding hydrogens is 761 g/mol. The van der Waals surface area contributed by atoms with Crippen molar-refractivity contribution < 1.29 is 23.8 Å². The quantitative estimate of drug-likeness (QED) is 0.185. The average molecular weight is 788 g/mol. The monoisotopic (exact) mass is 787 g/mol. The minimum atomic E-state index is -0.769. The topological polar surface area (TPSA) is 108 Å². The molecule has 0 saturated carbocycles. The van der Waals surface area contributed by atoms with Crippen molar-refractivity contribution in [2.24, 2.45) is 4.99 Å². The van der Waals surface area contributed by atoms with Gasteiger partial charge in [-0.15, -0.1) is 0 Å². The largest absolute Gasteiger partial charge is 0.497 e. The first kappa shape index (κ1) is 31.7. The van der Waals surface area contributed by atoms with E-state index < -0.39 is 12.0 Å². The number of thiazole rings is 1. The van der Waals surface area contributed by atoms with Crippen LogP contribution in [0.5, 0.6) is 11.5 Å². The number of nitrogens with zero attached hydrogens (tertiary/aromatic N) is 2. The Balaban J connectivity index is 1.66. The maximum atomic E-state index is 14.2. The van der Waals surface area contributed by atoms with Crippen molar-refractivity contribution in [3.05, 3.63) is 117 Å². The molecule has 1 atom stereocenters. The molecule has 12 heteroatoms. The number of aromatic nitrogens is 1. The van der Waals surface area contributed by atoms with Crippen LogP contribution >= 0.6 is 49.9 Å². The van der Waals surface area contributed by atoms with Crippen LogP contribution in [0.3, 0.4) is 0 Å². The third-order valence-electron chi connectivity index (χ3n) is 6.67. The van der Waals surface area contributed by atoms with Crippen LogP contribution in [0.15, 0.2) is 92.3 Å². The van der Waals surface area contributed by atoms with E-state index in [0.717, 1.165) is 8.04 Å². The van der Waals surface area contributed by atoms with Crippen LogP contribution in [0, 0.1) is 3.57 Å². The molecule has 226 valence electrons. The Bertz CT molecular complexity index is 1950. The first-order valence-electron chi connectivity index (χ1n) is 13.5. The molecule has 1 N–H and O–H groups in total. The molecule has 1 aliphatic rings. The maximum Gasteiger partial charge on any atom is 0.344 e. The number of amides is 1. The minimum Gasteiger partial charge on any atom is -0.497 e. The van der Waals surface area contributed by atoms with Gasteiger partial charge in [-0.25, -0.2) is 9.79 Å². The molecule has 0 unspecified atom stereocenters. The molecule has 1 aromatic heterocycles. The lowest BCUT2D eigenvalue weighted by Gasteiger charge is -2.25. The van der Waals surface area contributed by atoms with Crippen LogP contribution in [-0.2, 0) is 14.3 Å². The number of hydrogen-bond acceptors (Lipinski definition) is 8. The third kappa shape index (κ3) is 6.81. The van der Waals surface area contributed by atoms with Crippen molar-refractivity contribution in [2.45, 2.75) is 19.9 Å². The molecule has 4 aromatic rings. The number of anilines is 1. The Kier molecular flexibility index (Phi) is 10.0. The lowest BCUT2D eigenvalue weighted by atomic mass is 9.95. The van der Waals surface area contributed by atoms with E-state index >= 15 is 0 Å². The molecule has 0 fully saturated rings. The Morgan fingerprint density at radius 1 is 1.14 bits per heavy atom. The summed E-state index contributed by atoms with van der Waals surface area (Å²) in [5, 5.41) is 2.95. The fourth-order valence-corrected chi connectivity index (χ4v) is 7.52. The SMILES string of the molecule is CCOC(=O)COc1c(I)cc(Br)cc1/C=c1\sc2n(c1=O)[C@@H](c1cccc(OC)c1)C(C(=O)Nc1ccccc1)=C(C)N=2. The Hall–Kier alpha value is -3.75. The highest BCUT2D eigenvalue weighted by molar-refractivity contribution is 14.1. The molecule has 44 heavy (non-hydrogen) atoms. The third-order valence-corrected chi connectivity index (χ3v) is 8.91. The van der Waals surface area contributed by atoms with Gasteiger partial charge >= 0.3 is 5.97 Å². The van der Waals surface area contributed by atoms with Crippen LogP contribution in [0.1, 0.15) is 31.0 Å². The van der Waals surface area contributed by atoms with Crippen LogP contribution in [0.2, 0.25) is 0 Å². The number of methoxy groups -OCH3 is 1. The summed E-state index contributed by atoms with van der Waals surface area (Å²) in [6.07, 6.45) is 1.71. The van der Waals surface area contributed by atoms with Crippen LogP contribution in [0.4, 0.5) is 5.69 Å². The van der Waals surface area contributed by atoms with Gasteiger partial charge in [0, 0.05) is 15.7 Å². The van der Waals surface area contributed by atoms with Gasteiger partial charge in [0.15, 0.2) is 11.4 Å². The molecule has 0 aliphatic carbocycles. The van der Waals surface area contributed by atoms with E-state index in [9.17, 15) is 14.4 Å². The minimum absolute atomic E-state index is 0.243. The van der Waals surface area contributed by atoms with Crippen LogP contribution in [-0.4, -0.2) is 36.8 Å². The number of benzene rings is 3. The Labute approximate surface area is 279 Å². The molecule has 2 heterocycles. The second-order valence-corrected chi connectivity index (χ2v) is 12.7. The van der Waals surface area contributed by atoms with Gasteiger partial charge in [-0.2, -0.15) is 0 Å². The molecule has 0 spiro atoms. The number of nitrogens with one attached hydrogen (secondary N) is 1. The standard InChI is InChI=1S/C32H27BrIN3O6S/c1-4-42-26(38)17-43-29-20(13-21(33)16-24(29)34)15-25-31(40)37-28(19-9-8-12-23(14-19)41-3)27(18(2)35-32(37)44-25)30(39)36-22-10-6-5-7-11-22/h5-16,28H,4,17H2,1-3H3,(H,36,39)/b25-15-/t28-/m0/s1. The summed E-state index contributed by atoms with van der Waals surface area (Å²) in [4.78, 5) is 45.2. The zero-order valence-electron chi connectivity index (χ0n) is 23.9. The second-order valence-electron chi connectivity index (χ2n) is 9.58. The molecule has 1 aliphatic heterocycles. The van der Waals surface area contributed by atoms with E-state index in [4.69, 9.17) is 19.2 Å². The summed E-state index contributed by atoms with van der Waals surface area (Å²) in [5.41, 5.74) is 2.42. The fraction of sp³-hybridized carbons (Fsp3) is 0.188. The first-order chi connectivity index (χ1) is 21.2. The molecule has 0 saturated heterocycles. The number of rotatable bonds is 9. The normalized spacial score (nSPS) is 14.5. The number of halogens is 2. The number of hydrogen-bond donors (Lipinski definition) is 1. The van der Waals surface area contributed by atoms with Gasteiger partial charge < -0.3 is 19.5 Å². The summed E-state index contributed by atoms with van der Waals surface area (Å²) < 4.78 is 19.8. The zero-order chi connectivity index (χ0) is 31.4. The van der Waals surface area contributed by atoms with E-state index in [1.165, 1.54) is 11.3 Å². The molecule has 5 rings (SSSR count). The highest BCUT2D eigenvalue weighted by Gasteiger charge is 2.33. The lowest BCUT2D eigenvalue weighted by molar-refractivity contribution is -0.145. The van der Waals surface area contributed by atoms with Gasteiger partial charge in [-0.1, -0.05) is 57.6 Å². The number of fused-ring (bicyclic) bond motifs is 1. The van der Waals surface area contributed by atoms with Crippen molar-refractivity contribution in [2.75, 3.05) is 25.6 Å². The molecule has 0 bridgehead atoms. The predicted molar refractivity (Wildman–Crippen MR) is 181 cm³/mol. The summed E-state index contributed by atoms with van der Waals surface area (Å²) >= 11 is 6.84. The van der Waals surface area contributed by atoms with Gasteiger partial charge in [0.25, 0.3) is 11.5 Å². The predicted octanol–water partition coefficient (Wildman–Crippen LogP) is 5.19. The van der Waals surface area contributed by atoms with Crippen molar-refractivity contribution in [3.63, 3.8) is 0 Å². The molecular formula is C32H27BrIN3O6S. The second kappa shape index (κ2) is 13.9. The van der Waals surface area contributed by atoms with Crippen molar-refractivity contribution in [3.8, 4) is 11.5 Å². The highest BCUT2D eigenvalue weighted by Crippen LogP contribution is 2.33. The first-order valence-corrected chi connectivity index (χ1v) is 16.2. The summed E-state index contributed by atoms with van der Waals surface area (Å²) in [6.45, 7) is 3.46. The number of carbonyl (C=O) groups excluding carboxylic acids is 2. The van der Waals surface area contributed by atoms with Gasteiger partial charge in [0.1, 0.15) is 11.5 Å².